The van der Waals surface area contributed by atoms with Crippen molar-refractivity contribution in [2.45, 2.75) is 39.7 Å². The molecular weight excluding hydrogens is 346 g/mol. The fourth-order valence-corrected chi connectivity index (χ4v) is 4.30. The van der Waals surface area contributed by atoms with E-state index in [0.717, 1.165) is 47.1 Å². The van der Waals surface area contributed by atoms with Crippen molar-refractivity contribution in [3.8, 4) is 10.6 Å². The Balaban J connectivity index is 1.62. The minimum Gasteiger partial charge on any atom is -0.359 e. The van der Waals surface area contributed by atoms with E-state index in [9.17, 15) is 4.79 Å². The number of carbonyl (C=O) groups is 1. The van der Waals surface area contributed by atoms with Crippen LogP contribution < -0.4 is 0 Å². The van der Waals surface area contributed by atoms with Gasteiger partial charge < -0.3 is 9.42 Å². The minimum atomic E-state index is -0.0308. The van der Waals surface area contributed by atoms with E-state index >= 15 is 0 Å². The maximum atomic E-state index is 13.1. The zero-order valence-corrected chi connectivity index (χ0v) is 16.0. The third kappa shape index (κ3) is 3.05. The average molecular weight is 367 g/mol. The van der Waals surface area contributed by atoms with E-state index in [4.69, 9.17) is 4.52 Å². The van der Waals surface area contributed by atoms with E-state index < -0.39 is 0 Å². The van der Waals surface area contributed by atoms with Gasteiger partial charge in [-0.25, -0.2) is 4.98 Å². The molecule has 0 spiro atoms. The molecule has 0 bridgehead atoms. The monoisotopic (exact) mass is 367 g/mol. The molecular formula is C20H21N3O2S. The largest absolute Gasteiger partial charge is 0.359 e. The van der Waals surface area contributed by atoms with E-state index in [1.165, 1.54) is 4.88 Å². The van der Waals surface area contributed by atoms with Crippen LogP contribution >= 0.6 is 11.3 Å². The number of aryl methyl sites for hydroxylation is 3. The highest BCUT2D eigenvalue weighted by Gasteiger charge is 2.33. The van der Waals surface area contributed by atoms with Crippen molar-refractivity contribution in [1.29, 1.82) is 0 Å². The molecule has 4 rings (SSSR count). The van der Waals surface area contributed by atoms with Gasteiger partial charge in [-0.05, 0) is 45.7 Å². The van der Waals surface area contributed by atoms with Gasteiger partial charge in [-0.3, -0.25) is 4.79 Å². The third-order valence-electron chi connectivity index (χ3n) is 4.87. The number of amides is 1. The second kappa shape index (κ2) is 6.68. The molecule has 1 saturated heterocycles. The molecule has 0 N–H and O–H groups in total. The Morgan fingerprint density at radius 1 is 1.27 bits per heavy atom. The lowest BCUT2D eigenvalue weighted by atomic mass is 10.1. The van der Waals surface area contributed by atoms with Crippen LogP contribution in [0.4, 0.5) is 0 Å². The summed E-state index contributed by atoms with van der Waals surface area (Å²) in [6, 6.07) is 9.65. The Morgan fingerprint density at radius 3 is 2.81 bits per heavy atom. The van der Waals surface area contributed by atoms with Crippen molar-refractivity contribution >= 4 is 17.2 Å². The summed E-state index contributed by atoms with van der Waals surface area (Å²) in [6.07, 6.45) is 1.88. The molecule has 0 saturated carbocycles. The minimum absolute atomic E-state index is 0.0308. The highest BCUT2D eigenvalue weighted by molar-refractivity contribution is 7.15. The van der Waals surface area contributed by atoms with Crippen molar-refractivity contribution in [2.75, 3.05) is 6.54 Å². The zero-order valence-electron chi connectivity index (χ0n) is 15.2. The molecule has 0 radical (unpaired) electrons. The molecule has 26 heavy (non-hydrogen) atoms. The predicted octanol–water partition coefficient (Wildman–Crippen LogP) is 4.70. The summed E-state index contributed by atoms with van der Waals surface area (Å²) in [4.78, 5) is 20.9. The summed E-state index contributed by atoms with van der Waals surface area (Å²) in [5, 5.41) is 4.93. The molecule has 1 unspecified atom stereocenters. The van der Waals surface area contributed by atoms with E-state index in [1.807, 2.05) is 49.1 Å². The van der Waals surface area contributed by atoms with Gasteiger partial charge in [0.15, 0.2) is 5.76 Å². The van der Waals surface area contributed by atoms with Crippen LogP contribution in [0.2, 0.25) is 0 Å². The van der Waals surface area contributed by atoms with Crippen molar-refractivity contribution in [1.82, 2.24) is 15.0 Å². The molecule has 5 nitrogen and oxygen atoms in total. The summed E-state index contributed by atoms with van der Waals surface area (Å²) in [5.41, 5.74) is 3.57. The highest BCUT2D eigenvalue weighted by atomic mass is 32.1. The second-order valence-electron chi connectivity index (χ2n) is 6.77. The Morgan fingerprint density at radius 2 is 2.12 bits per heavy atom. The topological polar surface area (TPSA) is 59.2 Å². The van der Waals surface area contributed by atoms with Gasteiger partial charge in [-0.2, -0.15) is 0 Å². The maximum absolute atomic E-state index is 13.1. The lowest BCUT2D eigenvalue weighted by Gasteiger charge is -2.22. The van der Waals surface area contributed by atoms with Crippen LogP contribution in [0.15, 0.2) is 34.9 Å². The first-order valence-electron chi connectivity index (χ1n) is 8.81. The van der Waals surface area contributed by atoms with Crippen LogP contribution in [0.1, 0.15) is 51.3 Å². The van der Waals surface area contributed by atoms with E-state index in [0.29, 0.717) is 5.56 Å². The van der Waals surface area contributed by atoms with Crippen molar-refractivity contribution in [3.05, 3.63) is 57.9 Å². The number of rotatable bonds is 3. The average Bonchev–Trinajstić information content (AvgIpc) is 3.35. The Hall–Kier alpha value is -2.47. The van der Waals surface area contributed by atoms with Crippen LogP contribution in [-0.4, -0.2) is 27.5 Å². The summed E-state index contributed by atoms with van der Waals surface area (Å²) < 4.78 is 5.42. The molecule has 1 amide bonds. The van der Waals surface area contributed by atoms with Crippen LogP contribution in [0.3, 0.4) is 0 Å². The molecule has 3 heterocycles. The third-order valence-corrected chi connectivity index (χ3v) is 6.00. The van der Waals surface area contributed by atoms with E-state index in [-0.39, 0.29) is 11.9 Å². The second-order valence-corrected chi connectivity index (χ2v) is 7.97. The molecule has 2 aromatic heterocycles. The first-order chi connectivity index (χ1) is 12.5. The van der Waals surface area contributed by atoms with Crippen molar-refractivity contribution in [2.24, 2.45) is 0 Å². The Bertz CT molecular complexity index is 940. The molecule has 1 aliphatic heterocycles. The highest BCUT2D eigenvalue weighted by Crippen LogP contribution is 2.34. The number of aromatic nitrogens is 2. The molecule has 0 aliphatic carbocycles. The van der Waals surface area contributed by atoms with Gasteiger partial charge in [-0.15, -0.1) is 11.3 Å². The zero-order chi connectivity index (χ0) is 18.3. The summed E-state index contributed by atoms with van der Waals surface area (Å²) in [6.45, 7) is 6.72. The predicted molar refractivity (Wildman–Crippen MR) is 101 cm³/mol. The smallest absolute Gasteiger partial charge is 0.254 e. The van der Waals surface area contributed by atoms with Crippen LogP contribution in [0.5, 0.6) is 0 Å². The van der Waals surface area contributed by atoms with Gasteiger partial charge in [0, 0.05) is 28.6 Å². The van der Waals surface area contributed by atoms with Gasteiger partial charge in [0.2, 0.25) is 0 Å². The molecule has 1 fully saturated rings. The number of likely N-dealkylation sites (tertiary alicyclic amines) is 1. The van der Waals surface area contributed by atoms with Gasteiger partial charge >= 0.3 is 0 Å². The number of thiazole rings is 1. The normalized spacial score (nSPS) is 17.0. The standard InChI is InChI=1S/C20H21N3O2S/c1-12-10-18(25-22-12)17-8-5-9-23(17)20(24)16-7-4-6-15(11-16)19-21-13(2)14(3)26-19/h4,6-7,10-11,17H,5,8-9H2,1-3H3. The lowest BCUT2D eigenvalue weighted by molar-refractivity contribution is 0.0714. The molecule has 1 atom stereocenters. The quantitative estimate of drug-likeness (QED) is 0.673. The Labute approximate surface area is 156 Å². The number of benzene rings is 1. The van der Waals surface area contributed by atoms with Crippen LogP contribution in [0.25, 0.3) is 10.6 Å². The molecule has 3 aromatic rings. The fourth-order valence-electron chi connectivity index (χ4n) is 3.39. The van der Waals surface area contributed by atoms with Crippen molar-refractivity contribution in [3.63, 3.8) is 0 Å². The SMILES string of the molecule is Cc1cc(C2CCCN2C(=O)c2cccc(-c3nc(C)c(C)s3)c2)on1. The molecule has 6 heteroatoms. The number of carbonyl (C=O) groups excluding carboxylic acids is 1. The first kappa shape index (κ1) is 17.0. The molecule has 1 aromatic carbocycles. The Kier molecular flexibility index (Phi) is 4.36. The van der Waals surface area contributed by atoms with Gasteiger partial charge in [0.05, 0.1) is 17.4 Å². The van der Waals surface area contributed by atoms with Gasteiger partial charge in [-0.1, -0.05) is 17.3 Å². The number of hydrogen-bond donors (Lipinski definition) is 0. The van der Waals surface area contributed by atoms with E-state index in [1.54, 1.807) is 11.3 Å². The van der Waals surface area contributed by atoms with E-state index in [2.05, 4.69) is 17.1 Å². The number of nitrogens with zero attached hydrogens (tertiary/aromatic N) is 3. The summed E-state index contributed by atoms with van der Waals surface area (Å²) >= 11 is 1.66. The van der Waals surface area contributed by atoms with Crippen LogP contribution in [-0.2, 0) is 0 Å². The number of hydrogen-bond acceptors (Lipinski definition) is 5. The first-order valence-corrected chi connectivity index (χ1v) is 9.63. The summed E-state index contributed by atoms with van der Waals surface area (Å²) in [5.74, 6) is 0.809. The van der Waals surface area contributed by atoms with Crippen molar-refractivity contribution < 1.29 is 9.32 Å². The molecule has 134 valence electrons. The van der Waals surface area contributed by atoms with Gasteiger partial charge in [0.1, 0.15) is 5.01 Å². The fraction of sp³-hybridized carbons (Fsp3) is 0.350. The lowest BCUT2D eigenvalue weighted by Crippen LogP contribution is -2.30. The summed E-state index contributed by atoms with van der Waals surface area (Å²) in [7, 11) is 0. The van der Waals surface area contributed by atoms with Gasteiger partial charge in [0.25, 0.3) is 5.91 Å². The maximum Gasteiger partial charge on any atom is 0.254 e. The van der Waals surface area contributed by atoms with Crippen LogP contribution in [0, 0.1) is 20.8 Å². The molecule has 1 aliphatic rings.